The second-order valence-electron chi connectivity index (χ2n) is 8.05. The predicted molar refractivity (Wildman–Crippen MR) is 130 cm³/mol. The largest absolute Gasteiger partial charge is 0.496 e. The van der Waals surface area contributed by atoms with Gasteiger partial charge in [0, 0.05) is 42.9 Å². The van der Waals surface area contributed by atoms with Gasteiger partial charge >= 0.3 is 5.69 Å². The zero-order chi connectivity index (χ0) is 24.2. The number of benzene rings is 1. The summed E-state index contributed by atoms with van der Waals surface area (Å²) in [7, 11) is 1.59. The molecule has 0 saturated carbocycles. The van der Waals surface area contributed by atoms with Crippen molar-refractivity contribution >= 4 is 34.2 Å². The number of hydrogen-bond donors (Lipinski definition) is 0. The molecule has 11 heteroatoms. The highest BCUT2D eigenvalue weighted by Gasteiger charge is 2.24. The fourth-order valence-electron chi connectivity index (χ4n) is 3.95. The number of nitrogens with zero attached hydrogens (tertiary/aromatic N) is 5. The van der Waals surface area contributed by atoms with Crippen LogP contribution in [0.3, 0.4) is 0 Å². The summed E-state index contributed by atoms with van der Waals surface area (Å²) >= 11 is 12.2. The van der Waals surface area contributed by atoms with Gasteiger partial charge in [-0.25, -0.2) is 9.79 Å². The number of halogens is 2. The molecule has 1 aliphatic heterocycles. The van der Waals surface area contributed by atoms with Crippen molar-refractivity contribution in [1.29, 1.82) is 0 Å². The van der Waals surface area contributed by atoms with Gasteiger partial charge < -0.3 is 9.26 Å². The number of aromatic nitrogens is 4. The lowest BCUT2D eigenvalue weighted by Gasteiger charge is -2.13. The number of hydrogen-bond acceptors (Lipinski definition) is 7. The van der Waals surface area contributed by atoms with Gasteiger partial charge in [-0.2, -0.15) is 4.98 Å². The van der Waals surface area contributed by atoms with E-state index in [1.807, 2.05) is 6.92 Å². The Morgan fingerprint density at radius 2 is 1.94 bits per heavy atom. The number of fused-ring (bicyclic) bond motifs is 1. The lowest BCUT2D eigenvalue weighted by molar-refractivity contribution is 0.366. The monoisotopic (exact) mass is 505 g/mol. The summed E-state index contributed by atoms with van der Waals surface area (Å²) in [5.74, 6) is 2.01. The molecule has 3 heterocycles. The van der Waals surface area contributed by atoms with E-state index in [9.17, 15) is 9.59 Å². The summed E-state index contributed by atoms with van der Waals surface area (Å²) in [6.45, 7) is 2.76. The van der Waals surface area contributed by atoms with Crippen molar-refractivity contribution in [3.8, 4) is 5.75 Å². The molecule has 0 spiro atoms. The number of rotatable bonds is 10. The number of unbranched alkanes of at least 4 members (excludes halogenated alkanes) is 1. The Bertz CT molecular complexity index is 1340. The van der Waals surface area contributed by atoms with Crippen molar-refractivity contribution in [2.75, 3.05) is 7.11 Å². The quantitative estimate of drug-likeness (QED) is 0.413. The highest BCUT2D eigenvalue weighted by molar-refractivity contribution is 6.66. The van der Waals surface area contributed by atoms with E-state index in [1.165, 1.54) is 4.57 Å². The number of aliphatic imine (C=N–C) groups is 1. The van der Waals surface area contributed by atoms with Gasteiger partial charge in [-0.3, -0.25) is 13.9 Å². The third-order valence-electron chi connectivity index (χ3n) is 5.65. The van der Waals surface area contributed by atoms with Crippen molar-refractivity contribution in [2.45, 2.75) is 58.5 Å². The molecular weight excluding hydrogens is 481 g/mol. The van der Waals surface area contributed by atoms with Crippen molar-refractivity contribution < 1.29 is 9.26 Å². The van der Waals surface area contributed by atoms with Gasteiger partial charge in [-0.1, -0.05) is 41.7 Å². The standard InChI is InChI=1S/C23H25Cl2N5O4/c1-3-4-9-29-21-16(13-18(25)26-21)22(31)30(23(29)32)10-5-6-20-27-19(28-34-20)12-14-11-15(24)7-8-17(14)33-2/h7-8,11H,3-6,9-10,12-13H2,1-2H3. The minimum atomic E-state index is -0.369. The Balaban J connectivity index is 1.46. The van der Waals surface area contributed by atoms with Crippen molar-refractivity contribution in [1.82, 2.24) is 19.3 Å². The van der Waals surface area contributed by atoms with Crippen LogP contribution in [-0.4, -0.2) is 31.6 Å². The van der Waals surface area contributed by atoms with Crippen LogP contribution in [-0.2, 0) is 32.4 Å². The van der Waals surface area contributed by atoms with Crippen LogP contribution in [0.5, 0.6) is 5.75 Å². The highest BCUT2D eigenvalue weighted by atomic mass is 35.5. The Kier molecular flexibility index (Phi) is 7.53. The SMILES string of the molecule is CCCCn1c2c(c(=O)n(CCCc3nc(Cc4cc(Cl)ccc4OC)no3)c1=O)CC(Cl)=N2. The van der Waals surface area contributed by atoms with Crippen LogP contribution in [0.4, 0.5) is 5.82 Å². The summed E-state index contributed by atoms with van der Waals surface area (Å²) in [6, 6.07) is 5.34. The molecule has 0 N–H and O–H groups in total. The number of ether oxygens (including phenoxy) is 1. The van der Waals surface area contributed by atoms with Gasteiger partial charge in [-0.05, 0) is 31.0 Å². The molecule has 9 nitrogen and oxygen atoms in total. The molecule has 1 aromatic carbocycles. The van der Waals surface area contributed by atoms with Gasteiger partial charge in [0.1, 0.15) is 16.7 Å². The van der Waals surface area contributed by atoms with E-state index in [2.05, 4.69) is 15.1 Å². The molecular formula is C23H25Cl2N5O4. The lowest BCUT2D eigenvalue weighted by atomic mass is 10.1. The van der Waals surface area contributed by atoms with E-state index in [0.29, 0.717) is 64.8 Å². The van der Waals surface area contributed by atoms with Gasteiger partial charge in [0.15, 0.2) is 5.82 Å². The van der Waals surface area contributed by atoms with E-state index >= 15 is 0 Å². The Labute approximate surface area is 206 Å². The molecule has 0 saturated heterocycles. The molecule has 34 heavy (non-hydrogen) atoms. The molecule has 1 aliphatic rings. The van der Waals surface area contributed by atoms with E-state index < -0.39 is 0 Å². The normalized spacial score (nSPS) is 12.6. The van der Waals surface area contributed by atoms with Crippen LogP contribution in [0.15, 0.2) is 37.3 Å². The van der Waals surface area contributed by atoms with Crippen LogP contribution < -0.4 is 16.0 Å². The molecule has 0 bridgehead atoms. The van der Waals surface area contributed by atoms with E-state index in [1.54, 1.807) is 29.9 Å². The van der Waals surface area contributed by atoms with Crippen molar-refractivity contribution in [3.63, 3.8) is 0 Å². The summed E-state index contributed by atoms with van der Waals surface area (Å²) in [5, 5.41) is 4.95. The zero-order valence-electron chi connectivity index (χ0n) is 19.0. The van der Waals surface area contributed by atoms with Crippen molar-refractivity contribution in [2.24, 2.45) is 4.99 Å². The predicted octanol–water partition coefficient (Wildman–Crippen LogP) is 3.90. The first-order valence-corrected chi connectivity index (χ1v) is 11.9. The maximum atomic E-state index is 13.0. The van der Waals surface area contributed by atoms with Gasteiger partial charge in [0.05, 0.1) is 12.7 Å². The molecule has 0 amide bonds. The van der Waals surface area contributed by atoms with E-state index in [4.69, 9.17) is 32.5 Å². The topological polar surface area (TPSA) is 105 Å². The summed E-state index contributed by atoms with van der Waals surface area (Å²) in [4.78, 5) is 34.6. The molecule has 0 aliphatic carbocycles. The fourth-order valence-corrected chi connectivity index (χ4v) is 4.36. The van der Waals surface area contributed by atoms with Crippen molar-refractivity contribution in [3.05, 3.63) is 66.9 Å². The molecule has 180 valence electrons. The third kappa shape index (κ3) is 5.10. The second kappa shape index (κ2) is 10.6. The summed E-state index contributed by atoms with van der Waals surface area (Å²) < 4.78 is 13.5. The molecule has 0 unspecified atom stereocenters. The molecule has 0 radical (unpaired) electrons. The smallest absolute Gasteiger partial charge is 0.332 e. The van der Waals surface area contributed by atoms with E-state index in [0.717, 1.165) is 18.4 Å². The minimum Gasteiger partial charge on any atom is -0.496 e. The van der Waals surface area contributed by atoms with Gasteiger partial charge in [0.2, 0.25) is 5.89 Å². The number of methoxy groups -OCH3 is 1. The first-order valence-electron chi connectivity index (χ1n) is 11.1. The summed E-state index contributed by atoms with van der Waals surface area (Å²) in [6.07, 6.45) is 3.29. The molecule has 2 aromatic heterocycles. The number of aryl methyl sites for hydroxylation is 1. The molecule has 3 aromatic rings. The maximum absolute atomic E-state index is 13.0. The average molecular weight is 506 g/mol. The summed E-state index contributed by atoms with van der Waals surface area (Å²) in [5.41, 5.74) is 0.606. The Morgan fingerprint density at radius 1 is 1.15 bits per heavy atom. The lowest BCUT2D eigenvalue weighted by Crippen LogP contribution is -2.41. The Morgan fingerprint density at radius 3 is 2.71 bits per heavy atom. The highest BCUT2D eigenvalue weighted by Crippen LogP contribution is 2.25. The van der Waals surface area contributed by atoms with Crippen LogP contribution >= 0.6 is 23.2 Å². The zero-order valence-corrected chi connectivity index (χ0v) is 20.5. The molecule has 0 atom stereocenters. The van der Waals surface area contributed by atoms with Crippen LogP contribution in [0.1, 0.15) is 49.0 Å². The Hall–Kier alpha value is -2.91. The van der Waals surface area contributed by atoms with E-state index in [-0.39, 0.29) is 24.2 Å². The second-order valence-corrected chi connectivity index (χ2v) is 8.93. The first-order chi connectivity index (χ1) is 16.4. The third-order valence-corrected chi connectivity index (χ3v) is 6.10. The van der Waals surface area contributed by atoms with Crippen LogP contribution in [0, 0.1) is 0 Å². The van der Waals surface area contributed by atoms with Crippen LogP contribution in [0.25, 0.3) is 0 Å². The first kappa shape index (κ1) is 24.2. The minimum absolute atomic E-state index is 0.231. The van der Waals surface area contributed by atoms with Gasteiger partial charge in [0.25, 0.3) is 5.56 Å². The molecule has 0 fully saturated rings. The fraction of sp³-hybridized carbons (Fsp3) is 0.435. The van der Waals surface area contributed by atoms with Gasteiger partial charge in [-0.15, -0.1) is 0 Å². The maximum Gasteiger partial charge on any atom is 0.332 e. The average Bonchev–Trinajstić information content (AvgIpc) is 3.42. The molecule has 4 rings (SSSR count). The van der Waals surface area contributed by atoms with Crippen LogP contribution in [0.2, 0.25) is 5.02 Å².